The maximum Gasteiger partial charge on any atom is 0.221 e. The van der Waals surface area contributed by atoms with Crippen molar-refractivity contribution >= 4 is 11.6 Å². The van der Waals surface area contributed by atoms with Gasteiger partial charge in [-0.1, -0.05) is 12.1 Å². The molecule has 18 heavy (non-hydrogen) atoms. The van der Waals surface area contributed by atoms with E-state index in [1.54, 1.807) is 7.11 Å². The largest absolute Gasteiger partial charge is 0.389 e. The molecule has 0 heterocycles. The molecule has 3 N–H and O–H groups in total. The van der Waals surface area contributed by atoms with Crippen LogP contribution in [0.5, 0.6) is 0 Å². The fraction of sp³-hybridized carbons (Fsp3) is 0.462. The minimum atomic E-state index is -0.492. The van der Waals surface area contributed by atoms with Gasteiger partial charge in [0.05, 0.1) is 12.7 Å². The third-order valence-corrected chi connectivity index (χ3v) is 2.34. The summed E-state index contributed by atoms with van der Waals surface area (Å²) in [5.74, 6) is -0.0800. The Labute approximate surface area is 107 Å². The lowest BCUT2D eigenvalue weighted by molar-refractivity contribution is -0.114. The first-order valence-electron chi connectivity index (χ1n) is 5.86. The number of anilines is 1. The summed E-state index contributed by atoms with van der Waals surface area (Å²) in [5, 5.41) is 15.3. The van der Waals surface area contributed by atoms with Crippen LogP contribution in [0.3, 0.4) is 0 Å². The number of hydrogen-bond donors (Lipinski definition) is 3. The van der Waals surface area contributed by atoms with Crippen LogP contribution in [0, 0.1) is 0 Å². The topological polar surface area (TPSA) is 70.6 Å². The summed E-state index contributed by atoms with van der Waals surface area (Å²) in [4.78, 5) is 10.8. The molecule has 0 aromatic heterocycles. The van der Waals surface area contributed by atoms with Crippen LogP contribution < -0.4 is 10.6 Å². The van der Waals surface area contributed by atoms with E-state index < -0.39 is 6.10 Å². The molecule has 5 heteroatoms. The van der Waals surface area contributed by atoms with Crippen LogP contribution in [0.4, 0.5) is 5.69 Å². The average molecular weight is 252 g/mol. The smallest absolute Gasteiger partial charge is 0.221 e. The van der Waals surface area contributed by atoms with E-state index in [0.29, 0.717) is 19.7 Å². The lowest BCUT2D eigenvalue weighted by Crippen LogP contribution is -2.29. The summed E-state index contributed by atoms with van der Waals surface area (Å²) < 4.78 is 4.83. The molecule has 0 aliphatic carbocycles. The highest BCUT2D eigenvalue weighted by atomic mass is 16.5. The Morgan fingerprint density at radius 1 is 1.39 bits per heavy atom. The second kappa shape index (κ2) is 7.81. The highest BCUT2D eigenvalue weighted by Crippen LogP contribution is 2.09. The monoisotopic (exact) mass is 252 g/mol. The highest BCUT2D eigenvalue weighted by Gasteiger charge is 2.02. The van der Waals surface area contributed by atoms with Crippen LogP contribution in [-0.4, -0.2) is 37.4 Å². The maximum atomic E-state index is 10.8. The highest BCUT2D eigenvalue weighted by molar-refractivity contribution is 5.88. The third kappa shape index (κ3) is 5.77. The van der Waals surface area contributed by atoms with Gasteiger partial charge in [-0.2, -0.15) is 0 Å². The van der Waals surface area contributed by atoms with Crippen molar-refractivity contribution < 1.29 is 14.6 Å². The predicted octanol–water partition coefficient (Wildman–Crippen LogP) is 0.742. The molecule has 1 aromatic carbocycles. The number of aliphatic hydroxyl groups excluding tert-OH is 1. The number of amides is 1. The van der Waals surface area contributed by atoms with Crippen LogP contribution in [0.2, 0.25) is 0 Å². The summed E-state index contributed by atoms with van der Waals surface area (Å²) >= 11 is 0. The minimum absolute atomic E-state index is 0.0800. The number of ether oxygens (including phenoxy) is 1. The molecular formula is C13H20N2O3. The van der Waals surface area contributed by atoms with Gasteiger partial charge >= 0.3 is 0 Å². The number of methoxy groups -OCH3 is 1. The van der Waals surface area contributed by atoms with E-state index in [-0.39, 0.29) is 5.91 Å². The Hall–Kier alpha value is -1.43. The minimum Gasteiger partial charge on any atom is -0.389 e. The van der Waals surface area contributed by atoms with Crippen LogP contribution in [0.25, 0.3) is 0 Å². The van der Waals surface area contributed by atoms with Gasteiger partial charge in [-0.15, -0.1) is 0 Å². The molecule has 0 aliphatic rings. The van der Waals surface area contributed by atoms with E-state index in [0.717, 1.165) is 11.3 Å². The Morgan fingerprint density at radius 2 is 2.06 bits per heavy atom. The predicted molar refractivity (Wildman–Crippen MR) is 70.3 cm³/mol. The first-order chi connectivity index (χ1) is 8.61. The van der Waals surface area contributed by atoms with Gasteiger partial charge in [0, 0.05) is 32.8 Å². The summed E-state index contributed by atoms with van der Waals surface area (Å²) in [5.41, 5.74) is 1.87. The third-order valence-electron chi connectivity index (χ3n) is 2.34. The van der Waals surface area contributed by atoms with Gasteiger partial charge < -0.3 is 20.5 Å². The lowest BCUT2D eigenvalue weighted by Gasteiger charge is -2.11. The van der Waals surface area contributed by atoms with Crippen molar-refractivity contribution in [2.45, 2.75) is 19.6 Å². The Bertz CT molecular complexity index is 365. The number of aliphatic hydroxyl groups is 1. The van der Waals surface area contributed by atoms with E-state index in [9.17, 15) is 9.90 Å². The SMILES string of the molecule is COCC(O)CNCc1ccc(NC(C)=O)cc1. The maximum absolute atomic E-state index is 10.8. The number of carbonyl (C=O) groups is 1. The molecule has 0 spiro atoms. The fourth-order valence-electron chi connectivity index (χ4n) is 1.54. The first kappa shape index (κ1) is 14.6. The molecule has 0 fully saturated rings. The average Bonchev–Trinajstić information content (AvgIpc) is 2.31. The zero-order chi connectivity index (χ0) is 13.4. The number of carbonyl (C=O) groups excluding carboxylic acids is 1. The molecule has 1 unspecified atom stereocenters. The standard InChI is InChI=1S/C13H20N2O3/c1-10(16)15-12-5-3-11(4-6-12)7-14-8-13(17)9-18-2/h3-6,13-14,17H,7-9H2,1-2H3,(H,15,16). The van der Waals surface area contributed by atoms with E-state index in [1.165, 1.54) is 6.92 Å². The van der Waals surface area contributed by atoms with Crippen molar-refractivity contribution in [1.29, 1.82) is 0 Å². The van der Waals surface area contributed by atoms with Crippen molar-refractivity contribution in [3.8, 4) is 0 Å². The van der Waals surface area contributed by atoms with Crippen LogP contribution in [0.15, 0.2) is 24.3 Å². The normalized spacial score (nSPS) is 12.2. The van der Waals surface area contributed by atoms with E-state index >= 15 is 0 Å². The molecule has 0 radical (unpaired) electrons. The fourth-order valence-corrected chi connectivity index (χ4v) is 1.54. The van der Waals surface area contributed by atoms with Crippen molar-refractivity contribution in [2.24, 2.45) is 0 Å². The lowest BCUT2D eigenvalue weighted by atomic mass is 10.2. The second-order valence-electron chi connectivity index (χ2n) is 4.12. The van der Waals surface area contributed by atoms with Gasteiger partial charge in [0.2, 0.25) is 5.91 Å². The Morgan fingerprint density at radius 3 is 2.61 bits per heavy atom. The molecular weight excluding hydrogens is 232 g/mol. The van der Waals surface area contributed by atoms with Crippen LogP contribution >= 0.6 is 0 Å². The second-order valence-corrected chi connectivity index (χ2v) is 4.12. The number of nitrogens with one attached hydrogen (secondary N) is 2. The van der Waals surface area contributed by atoms with Gasteiger partial charge in [0.15, 0.2) is 0 Å². The molecule has 0 saturated heterocycles. The van der Waals surface area contributed by atoms with Crippen molar-refractivity contribution in [3.05, 3.63) is 29.8 Å². The summed E-state index contributed by atoms with van der Waals surface area (Å²) in [6.07, 6.45) is -0.492. The summed E-state index contributed by atoms with van der Waals surface area (Å²) in [6, 6.07) is 7.57. The van der Waals surface area contributed by atoms with Gasteiger partial charge in [0.1, 0.15) is 0 Å². The van der Waals surface area contributed by atoms with Crippen molar-refractivity contribution in [1.82, 2.24) is 5.32 Å². The van der Waals surface area contributed by atoms with Crippen molar-refractivity contribution in [3.63, 3.8) is 0 Å². The Balaban J connectivity index is 2.32. The Kier molecular flexibility index (Phi) is 6.35. The first-order valence-corrected chi connectivity index (χ1v) is 5.86. The van der Waals surface area contributed by atoms with Gasteiger partial charge in [-0.25, -0.2) is 0 Å². The molecule has 0 saturated carbocycles. The molecule has 0 bridgehead atoms. The number of benzene rings is 1. The summed E-state index contributed by atoms with van der Waals surface area (Å²) in [6.45, 7) is 2.96. The zero-order valence-corrected chi connectivity index (χ0v) is 10.8. The van der Waals surface area contributed by atoms with Crippen LogP contribution in [-0.2, 0) is 16.1 Å². The number of hydrogen-bond acceptors (Lipinski definition) is 4. The quantitative estimate of drug-likeness (QED) is 0.669. The van der Waals surface area contributed by atoms with E-state index in [4.69, 9.17) is 4.74 Å². The number of rotatable bonds is 7. The van der Waals surface area contributed by atoms with E-state index in [1.807, 2.05) is 24.3 Å². The van der Waals surface area contributed by atoms with Crippen molar-refractivity contribution in [2.75, 3.05) is 25.6 Å². The van der Waals surface area contributed by atoms with Crippen LogP contribution in [0.1, 0.15) is 12.5 Å². The van der Waals surface area contributed by atoms with Gasteiger partial charge in [0.25, 0.3) is 0 Å². The van der Waals surface area contributed by atoms with Gasteiger partial charge in [-0.05, 0) is 17.7 Å². The molecule has 1 aromatic rings. The molecule has 100 valence electrons. The van der Waals surface area contributed by atoms with E-state index in [2.05, 4.69) is 10.6 Å². The zero-order valence-electron chi connectivity index (χ0n) is 10.8. The molecule has 1 rings (SSSR count). The van der Waals surface area contributed by atoms with Gasteiger partial charge in [-0.3, -0.25) is 4.79 Å². The summed E-state index contributed by atoms with van der Waals surface area (Å²) in [7, 11) is 1.56. The molecule has 5 nitrogen and oxygen atoms in total. The molecule has 1 amide bonds. The molecule has 1 atom stereocenters. The molecule has 0 aliphatic heterocycles.